The van der Waals surface area contributed by atoms with Crippen LogP contribution < -0.4 is 5.46 Å². The number of benzene rings is 2. The zero-order valence-corrected chi connectivity index (χ0v) is 22.4. The Bertz CT molecular complexity index is 1360. The number of aromatic nitrogens is 2. The SMILES string of the molecule is CC1(C)OB(c2ccc(-c3ccc(-c4cnc(C5CCCC5)[nH]4)cc3F)c3c2C2CCC3C2)OC1(C)C. The Morgan fingerprint density at radius 1 is 0.865 bits per heavy atom. The molecule has 7 rings (SSSR count). The molecule has 3 aromatic rings. The molecule has 1 saturated heterocycles. The predicted molar refractivity (Wildman–Crippen MR) is 146 cm³/mol. The fraction of sp³-hybridized carbons (Fsp3) is 0.516. The number of halogens is 1. The van der Waals surface area contributed by atoms with E-state index in [4.69, 9.17) is 9.31 Å². The van der Waals surface area contributed by atoms with Crippen molar-refractivity contribution in [3.63, 3.8) is 0 Å². The molecular weight excluding hydrogens is 462 g/mol. The van der Waals surface area contributed by atoms with E-state index in [1.165, 1.54) is 49.7 Å². The Balaban J connectivity index is 1.25. The number of aromatic amines is 1. The van der Waals surface area contributed by atoms with Crippen LogP contribution in [0.5, 0.6) is 0 Å². The van der Waals surface area contributed by atoms with E-state index >= 15 is 4.39 Å². The quantitative estimate of drug-likeness (QED) is 0.387. The molecule has 0 radical (unpaired) electrons. The fourth-order valence-corrected chi connectivity index (χ4v) is 7.26. The van der Waals surface area contributed by atoms with E-state index in [2.05, 4.69) is 49.8 Å². The highest BCUT2D eigenvalue weighted by Gasteiger charge is 2.54. The number of fused-ring (bicyclic) bond motifs is 5. The lowest BCUT2D eigenvalue weighted by atomic mass is 9.70. The van der Waals surface area contributed by atoms with Gasteiger partial charge >= 0.3 is 7.12 Å². The van der Waals surface area contributed by atoms with E-state index in [0.717, 1.165) is 34.5 Å². The largest absolute Gasteiger partial charge is 0.495 e. The summed E-state index contributed by atoms with van der Waals surface area (Å²) in [6, 6.07) is 9.89. The Hall–Kier alpha value is -2.44. The van der Waals surface area contributed by atoms with Crippen LogP contribution in [0.3, 0.4) is 0 Å². The molecule has 1 aromatic heterocycles. The Morgan fingerprint density at radius 2 is 1.54 bits per heavy atom. The first kappa shape index (κ1) is 23.7. The summed E-state index contributed by atoms with van der Waals surface area (Å²) < 4.78 is 28.7. The van der Waals surface area contributed by atoms with Gasteiger partial charge in [-0.2, -0.15) is 0 Å². The van der Waals surface area contributed by atoms with Crippen LogP contribution in [-0.4, -0.2) is 28.3 Å². The molecule has 1 aliphatic heterocycles. The lowest BCUT2D eigenvalue weighted by Gasteiger charge is -2.32. The molecule has 3 fully saturated rings. The Kier molecular flexibility index (Phi) is 5.30. The zero-order valence-electron chi connectivity index (χ0n) is 22.4. The second kappa shape index (κ2) is 8.28. The molecule has 2 bridgehead atoms. The normalized spacial score (nSPS) is 25.8. The summed E-state index contributed by atoms with van der Waals surface area (Å²) in [6.45, 7) is 8.39. The highest BCUT2D eigenvalue weighted by molar-refractivity contribution is 6.62. The average Bonchev–Trinajstić information content (AvgIpc) is 3.68. The van der Waals surface area contributed by atoms with Crippen molar-refractivity contribution in [1.29, 1.82) is 0 Å². The summed E-state index contributed by atoms with van der Waals surface area (Å²) in [6.07, 6.45) is 10.3. The van der Waals surface area contributed by atoms with Crippen LogP contribution >= 0.6 is 0 Å². The van der Waals surface area contributed by atoms with Crippen molar-refractivity contribution in [2.75, 3.05) is 0 Å². The highest BCUT2D eigenvalue weighted by Crippen LogP contribution is 2.56. The van der Waals surface area contributed by atoms with Gasteiger partial charge in [-0.1, -0.05) is 37.1 Å². The third-order valence-corrected chi connectivity index (χ3v) is 9.98. The number of nitrogens with zero attached hydrogens (tertiary/aromatic N) is 1. The van der Waals surface area contributed by atoms with Gasteiger partial charge in [-0.05, 0) is 99.9 Å². The van der Waals surface area contributed by atoms with Crippen molar-refractivity contribution in [2.24, 2.45) is 0 Å². The van der Waals surface area contributed by atoms with Gasteiger partial charge in [0.25, 0.3) is 0 Å². The van der Waals surface area contributed by atoms with Gasteiger partial charge in [0.1, 0.15) is 11.6 Å². The molecular formula is C31H36BFN2O2. The maximum atomic E-state index is 15.8. The van der Waals surface area contributed by atoms with Gasteiger partial charge in [-0.3, -0.25) is 0 Å². The molecule has 0 amide bonds. The molecule has 6 heteroatoms. The summed E-state index contributed by atoms with van der Waals surface area (Å²) in [7, 11) is -0.381. The number of nitrogens with one attached hydrogen (secondary N) is 1. The second-order valence-electron chi connectivity index (χ2n) is 12.7. The van der Waals surface area contributed by atoms with Crippen molar-refractivity contribution in [2.45, 2.75) is 102 Å². The molecule has 0 spiro atoms. The molecule has 4 aliphatic rings. The van der Waals surface area contributed by atoms with Crippen LogP contribution in [0.2, 0.25) is 0 Å². The third-order valence-electron chi connectivity index (χ3n) is 9.98. The van der Waals surface area contributed by atoms with Crippen molar-refractivity contribution < 1.29 is 13.7 Å². The molecule has 2 unspecified atom stereocenters. The minimum Gasteiger partial charge on any atom is -0.399 e. The van der Waals surface area contributed by atoms with Gasteiger partial charge in [-0.25, -0.2) is 9.37 Å². The van der Waals surface area contributed by atoms with Crippen LogP contribution in [-0.2, 0) is 9.31 Å². The fourth-order valence-electron chi connectivity index (χ4n) is 7.26. The monoisotopic (exact) mass is 498 g/mol. The van der Waals surface area contributed by atoms with Crippen LogP contribution in [0.25, 0.3) is 22.4 Å². The summed E-state index contributed by atoms with van der Waals surface area (Å²) in [5, 5.41) is 0. The smallest absolute Gasteiger partial charge is 0.399 e. The van der Waals surface area contributed by atoms with Gasteiger partial charge in [0.2, 0.25) is 0 Å². The molecule has 2 atom stereocenters. The first-order valence-corrected chi connectivity index (χ1v) is 14.1. The van der Waals surface area contributed by atoms with Gasteiger partial charge in [-0.15, -0.1) is 0 Å². The van der Waals surface area contributed by atoms with Crippen molar-refractivity contribution >= 4 is 12.6 Å². The highest BCUT2D eigenvalue weighted by atomic mass is 19.1. The first-order valence-electron chi connectivity index (χ1n) is 14.1. The number of rotatable bonds is 4. The Morgan fingerprint density at radius 3 is 2.24 bits per heavy atom. The molecule has 3 aliphatic carbocycles. The lowest BCUT2D eigenvalue weighted by Crippen LogP contribution is -2.41. The standard InChI is InChI=1S/C31H36BFN2O2/c1-30(2)31(3,4)37-32(36-30)24-14-13-23(27-20-9-10-21(15-20)28(24)27)22-12-11-19(16-25(22)33)26-17-34-29(35-26)18-7-5-6-8-18/h11-14,16-18,20-21H,5-10,15H2,1-4H3,(H,34,35). The molecule has 2 saturated carbocycles. The van der Waals surface area contributed by atoms with Gasteiger partial charge in [0, 0.05) is 17.0 Å². The number of imidazole rings is 1. The molecule has 1 N–H and O–H groups in total. The maximum absolute atomic E-state index is 15.8. The van der Waals surface area contributed by atoms with E-state index in [1.807, 2.05) is 18.3 Å². The van der Waals surface area contributed by atoms with Crippen molar-refractivity contribution in [1.82, 2.24) is 9.97 Å². The van der Waals surface area contributed by atoms with Crippen molar-refractivity contribution in [3.8, 4) is 22.4 Å². The van der Waals surface area contributed by atoms with E-state index in [-0.39, 0.29) is 24.1 Å². The Labute approximate surface area is 219 Å². The lowest BCUT2D eigenvalue weighted by molar-refractivity contribution is 0.00578. The summed E-state index contributed by atoms with van der Waals surface area (Å²) in [5.74, 6) is 2.37. The zero-order chi connectivity index (χ0) is 25.5. The van der Waals surface area contributed by atoms with Crippen LogP contribution in [0.4, 0.5) is 4.39 Å². The van der Waals surface area contributed by atoms with E-state index in [0.29, 0.717) is 23.3 Å². The van der Waals surface area contributed by atoms with Crippen molar-refractivity contribution in [3.05, 3.63) is 59.3 Å². The minimum atomic E-state index is -0.382. The number of H-pyrrole nitrogens is 1. The molecule has 192 valence electrons. The predicted octanol–water partition coefficient (Wildman–Crippen LogP) is 7.20. The van der Waals surface area contributed by atoms with E-state index in [9.17, 15) is 0 Å². The van der Waals surface area contributed by atoms with E-state index in [1.54, 1.807) is 6.07 Å². The number of hydrogen-bond donors (Lipinski definition) is 1. The van der Waals surface area contributed by atoms with E-state index < -0.39 is 0 Å². The number of hydrogen-bond acceptors (Lipinski definition) is 3. The topological polar surface area (TPSA) is 47.1 Å². The van der Waals surface area contributed by atoms with Crippen LogP contribution in [0.15, 0.2) is 36.5 Å². The summed E-state index contributed by atoms with van der Waals surface area (Å²) >= 11 is 0. The summed E-state index contributed by atoms with van der Waals surface area (Å²) in [5.41, 5.74) is 6.51. The van der Waals surface area contributed by atoms with Gasteiger partial charge in [0.15, 0.2) is 0 Å². The maximum Gasteiger partial charge on any atom is 0.495 e. The van der Waals surface area contributed by atoms with Gasteiger partial charge < -0.3 is 14.3 Å². The summed E-state index contributed by atoms with van der Waals surface area (Å²) in [4.78, 5) is 8.09. The van der Waals surface area contributed by atoms with Crippen LogP contribution in [0, 0.1) is 5.82 Å². The molecule has 37 heavy (non-hydrogen) atoms. The second-order valence-corrected chi connectivity index (χ2v) is 12.7. The molecule has 2 aromatic carbocycles. The third kappa shape index (κ3) is 3.66. The molecule has 4 nitrogen and oxygen atoms in total. The average molecular weight is 498 g/mol. The van der Waals surface area contributed by atoms with Gasteiger partial charge in [0.05, 0.1) is 23.1 Å². The minimum absolute atomic E-state index is 0.178. The molecule has 2 heterocycles. The first-order chi connectivity index (χ1) is 17.7. The van der Waals surface area contributed by atoms with Crippen LogP contribution in [0.1, 0.15) is 107 Å².